The molecule has 82 valence electrons. The minimum atomic E-state index is 0.428. The lowest BCUT2D eigenvalue weighted by molar-refractivity contribution is 0.476. The molecule has 3 rings (SSSR count). The smallest absolute Gasteiger partial charge is 0.127 e. The van der Waals surface area contributed by atoms with Gasteiger partial charge in [0.25, 0.3) is 0 Å². The van der Waals surface area contributed by atoms with Gasteiger partial charge in [0.15, 0.2) is 0 Å². The summed E-state index contributed by atoms with van der Waals surface area (Å²) in [6, 6.07) is 8.05. The molecular formula is C13H13NOS. The predicted octanol–water partition coefficient (Wildman–Crippen LogP) is 3.35. The van der Waals surface area contributed by atoms with Crippen LogP contribution in [-0.4, -0.2) is 18.0 Å². The second-order valence-corrected chi connectivity index (χ2v) is 5.12. The number of rotatable bonds is 0. The molecule has 2 nitrogen and oxygen atoms in total. The molecule has 0 unspecified atom stereocenters. The molecule has 1 heterocycles. The second kappa shape index (κ2) is 3.32. The van der Waals surface area contributed by atoms with Crippen molar-refractivity contribution in [2.24, 2.45) is 0 Å². The molecule has 0 fully saturated rings. The zero-order valence-corrected chi connectivity index (χ0v) is 10.1. The third-order valence-electron chi connectivity index (χ3n) is 3.13. The molecule has 0 amide bonds. The van der Waals surface area contributed by atoms with Crippen LogP contribution in [0.3, 0.4) is 0 Å². The first-order valence-corrected chi connectivity index (χ1v) is 6.27. The Morgan fingerprint density at radius 2 is 1.94 bits per heavy atom. The summed E-state index contributed by atoms with van der Waals surface area (Å²) in [5.41, 5.74) is 2.26. The van der Waals surface area contributed by atoms with Crippen LogP contribution in [0.5, 0.6) is 5.75 Å². The maximum absolute atomic E-state index is 10.2. The van der Waals surface area contributed by atoms with Crippen molar-refractivity contribution in [2.75, 3.05) is 17.8 Å². The normalized spacial score (nSPS) is 14.5. The van der Waals surface area contributed by atoms with E-state index in [-0.39, 0.29) is 0 Å². The molecule has 3 heteroatoms. The number of phenolic OH excluding ortho intramolecular Hbond substituents is 1. The number of nitrogens with zero attached hydrogens (tertiary/aromatic N) is 1. The SMILES string of the molecule is Cc1c2c(c3ccccc3c1O)N(C)CS2. The summed E-state index contributed by atoms with van der Waals surface area (Å²) in [5, 5.41) is 12.3. The van der Waals surface area contributed by atoms with Crippen molar-refractivity contribution in [2.45, 2.75) is 11.8 Å². The molecule has 1 aliphatic rings. The van der Waals surface area contributed by atoms with Crippen LogP contribution in [0, 0.1) is 6.92 Å². The van der Waals surface area contributed by atoms with Gasteiger partial charge in [0.05, 0.1) is 11.6 Å². The number of fused-ring (bicyclic) bond motifs is 3. The summed E-state index contributed by atoms with van der Waals surface area (Å²) in [6.45, 7) is 1.99. The Balaban J connectivity index is 2.51. The van der Waals surface area contributed by atoms with Gasteiger partial charge < -0.3 is 10.0 Å². The predicted molar refractivity (Wildman–Crippen MR) is 69.5 cm³/mol. The summed E-state index contributed by atoms with van der Waals surface area (Å²) < 4.78 is 0. The standard InChI is InChI=1S/C13H13NOS/c1-8-12(15)10-6-4-3-5-9(10)11-13(8)16-7-14(11)2/h3-6,15H,7H2,1-2H3. The molecule has 0 aliphatic carbocycles. The van der Waals surface area contributed by atoms with Gasteiger partial charge in [-0.1, -0.05) is 24.3 Å². The molecule has 0 saturated carbocycles. The lowest BCUT2D eigenvalue weighted by atomic mass is 10.0. The first-order valence-electron chi connectivity index (χ1n) is 5.28. The van der Waals surface area contributed by atoms with Gasteiger partial charge in [-0.15, -0.1) is 11.8 Å². The van der Waals surface area contributed by atoms with Crippen LogP contribution >= 0.6 is 11.8 Å². The molecule has 0 atom stereocenters. The van der Waals surface area contributed by atoms with Crippen LogP contribution < -0.4 is 4.90 Å². The number of phenols is 1. The van der Waals surface area contributed by atoms with Crippen molar-refractivity contribution in [1.82, 2.24) is 0 Å². The number of thioether (sulfide) groups is 1. The fourth-order valence-corrected chi connectivity index (χ4v) is 3.45. The zero-order valence-electron chi connectivity index (χ0n) is 9.32. The van der Waals surface area contributed by atoms with Crippen molar-refractivity contribution in [1.29, 1.82) is 0 Å². The highest BCUT2D eigenvalue weighted by Crippen LogP contribution is 2.48. The molecule has 1 N–H and O–H groups in total. The van der Waals surface area contributed by atoms with E-state index in [0.29, 0.717) is 5.75 Å². The molecule has 1 aliphatic heterocycles. The van der Waals surface area contributed by atoms with Crippen LogP contribution in [0.4, 0.5) is 5.69 Å². The molecule has 0 saturated heterocycles. The first kappa shape index (κ1) is 9.85. The number of anilines is 1. The van der Waals surface area contributed by atoms with E-state index in [9.17, 15) is 5.11 Å². The van der Waals surface area contributed by atoms with E-state index in [2.05, 4.69) is 18.0 Å². The highest BCUT2D eigenvalue weighted by molar-refractivity contribution is 8.00. The summed E-state index contributed by atoms with van der Waals surface area (Å²) in [4.78, 5) is 3.47. The van der Waals surface area contributed by atoms with Crippen molar-refractivity contribution in [3.8, 4) is 5.75 Å². The highest BCUT2D eigenvalue weighted by Gasteiger charge is 2.24. The van der Waals surface area contributed by atoms with Gasteiger partial charge in [-0.25, -0.2) is 0 Å². The molecule has 16 heavy (non-hydrogen) atoms. The molecular weight excluding hydrogens is 218 g/mol. The van der Waals surface area contributed by atoms with Crippen LogP contribution in [0.15, 0.2) is 29.2 Å². The maximum Gasteiger partial charge on any atom is 0.127 e. The van der Waals surface area contributed by atoms with Gasteiger partial charge in [-0.05, 0) is 6.92 Å². The summed E-state index contributed by atoms with van der Waals surface area (Å²) in [6.07, 6.45) is 0. The quantitative estimate of drug-likeness (QED) is 0.752. The summed E-state index contributed by atoms with van der Waals surface area (Å²) in [7, 11) is 2.10. The second-order valence-electron chi connectivity index (χ2n) is 4.17. The Morgan fingerprint density at radius 1 is 1.25 bits per heavy atom. The van der Waals surface area contributed by atoms with E-state index in [1.807, 2.05) is 25.1 Å². The van der Waals surface area contributed by atoms with Gasteiger partial charge in [-0.2, -0.15) is 0 Å². The van der Waals surface area contributed by atoms with E-state index in [1.165, 1.54) is 10.6 Å². The van der Waals surface area contributed by atoms with Crippen LogP contribution in [-0.2, 0) is 0 Å². The van der Waals surface area contributed by atoms with Gasteiger partial charge in [-0.3, -0.25) is 0 Å². The Morgan fingerprint density at radius 3 is 2.69 bits per heavy atom. The van der Waals surface area contributed by atoms with Crippen LogP contribution in [0.25, 0.3) is 10.8 Å². The molecule has 0 spiro atoms. The Hall–Kier alpha value is -1.35. The zero-order chi connectivity index (χ0) is 11.3. The average molecular weight is 231 g/mol. The summed E-state index contributed by atoms with van der Waals surface area (Å²) >= 11 is 1.80. The fourth-order valence-electron chi connectivity index (χ4n) is 2.29. The van der Waals surface area contributed by atoms with Gasteiger partial charge in [0, 0.05) is 28.3 Å². The Kier molecular flexibility index (Phi) is 2.04. The van der Waals surface area contributed by atoms with Crippen molar-refractivity contribution >= 4 is 28.2 Å². The molecule has 2 aromatic carbocycles. The first-order chi connectivity index (χ1) is 7.70. The fraction of sp³-hybridized carbons (Fsp3) is 0.231. The number of benzene rings is 2. The highest BCUT2D eigenvalue weighted by atomic mass is 32.2. The van der Waals surface area contributed by atoms with Gasteiger partial charge in [0.2, 0.25) is 0 Å². The maximum atomic E-state index is 10.2. The lowest BCUT2D eigenvalue weighted by Gasteiger charge is -2.16. The van der Waals surface area contributed by atoms with E-state index in [4.69, 9.17) is 0 Å². The molecule has 2 aromatic rings. The molecule has 0 radical (unpaired) electrons. The lowest BCUT2D eigenvalue weighted by Crippen LogP contribution is -2.11. The van der Waals surface area contributed by atoms with Crippen molar-refractivity contribution < 1.29 is 5.11 Å². The topological polar surface area (TPSA) is 23.5 Å². The average Bonchev–Trinajstić information content (AvgIpc) is 2.69. The monoisotopic (exact) mass is 231 g/mol. The minimum Gasteiger partial charge on any atom is -0.507 e. The van der Waals surface area contributed by atoms with Gasteiger partial charge in [0.1, 0.15) is 5.75 Å². The van der Waals surface area contributed by atoms with E-state index >= 15 is 0 Å². The van der Waals surface area contributed by atoms with Crippen molar-refractivity contribution in [3.63, 3.8) is 0 Å². The number of aromatic hydroxyl groups is 1. The minimum absolute atomic E-state index is 0.428. The largest absolute Gasteiger partial charge is 0.507 e. The summed E-state index contributed by atoms with van der Waals surface area (Å²) in [5.74, 6) is 1.39. The number of hydrogen-bond acceptors (Lipinski definition) is 3. The van der Waals surface area contributed by atoms with Gasteiger partial charge >= 0.3 is 0 Å². The Bertz CT molecular complexity index is 580. The van der Waals surface area contributed by atoms with Crippen molar-refractivity contribution in [3.05, 3.63) is 29.8 Å². The van der Waals surface area contributed by atoms with Crippen LogP contribution in [0.2, 0.25) is 0 Å². The van der Waals surface area contributed by atoms with Crippen LogP contribution in [0.1, 0.15) is 5.56 Å². The molecule has 0 bridgehead atoms. The van der Waals surface area contributed by atoms with E-state index in [1.54, 1.807) is 11.8 Å². The third-order valence-corrected chi connectivity index (χ3v) is 4.44. The van der Waals surface area contributed by atoms with E-state index in [0.717, 1.165) is 22.2 Å². The molecule has 0 aromatic heterocycles. The third kappa shape index (κ3) is 1.15. The Labute approximate surface area is 98.9 Å². The number of hydrogen-bond donors (Lipinski definition) is 1. The van der Waals surface area contributed by atoms with E-state index < -0.39 is 0 Å².